The van der Waals surface area contributed by atoms with Crippen molar-refractivity contribution in [3.05, 3.63) is 36.6 Å². The second-order valence-corrected chi connectivity index (χ2v) is 6.53. The van der Waals surface area contributed by atoms with Crippen molar-refractivity contribution in [2.45, 2.75) is 66.0 Å². The van der Waals surface area contributed by atoms with Gasteiger partial charge in [0.15, 0.2) is 0 Å². The van der Waals surface area contributed by atoms with E-state index in [0.29, 0.717) is 12.1 Å². The summed E-state index contributed by atoms with van der Waals surface area (Å²) >= 11 is 0. The van der Waals surface area contributed by atoms with E-state index in [-0.39, 0.29) is 5.41 Å². The molecule has 0 aliphatic carbocycles. The molecule has 2 heteroatoms. The maximum absolute atomic E-state index is 5.82. The number of hydrogen-bond donors (Lipinski definition) is 0. The number of nitrogens with zero attached hydrogens (tertiary/aromatic N) is 1. The average Bonchev–Trinajstić information content (AvgIpc) is 2.27. The van der Waals surface area contributed by atoms with Crippen LogP contribution in [0, 0.1) is 6.73 Å². The van der Waals surface area contributed by atoms with Gasteiger partial charge in [-0.2, -0.15) is 0 Å². The van der Waals surface area contributed by atoms with Crippen LogP contribution in [0.15, 0.2) is 24.3 Å². The predicted octanol–water partition coefficient (Wildman–Crippen LogP) is 4.48. The molecule has 2 nitrogen and oxygen atoms in total. The number of para-hydroxylation sites is 1. The zero-order valence-corrected chi connectivity index (χ0v) is 13.3. The van der Waals surface area contributed by atoms with Gasteiger partial charge >= 0.3 is 0 Å². The Balaban J connectivity index is 2.83. The van der Waals surface area contributed by atoms with Gasteiger partial charge in [-0.1, -0.05) is 39.0 Å². The summed E-state index contributed by atoms with van der Waals surface area (Å²) in [5.41, 5.74) is 1.27. The zero-order chi connectivity index (χ0) is 14.6. The van der Waals surface area contributed by atoms with Crippen molar-refractivity contribution in [3.63, 3.8) is 0 Å². The number of benzene rings is 1. The third-order valence-corrected chi connectivity index (χ3v) is 3.07. The first-order chi connectivity index (χ1) is 8.73. The molecule has 106 valence electrons. The fourth-order valence-corrected chi connectivity index (χ4v) is 2.08. The van der Waals surface area contributed by atoms with Crippen molar-refractivity contribution in [2.75, 3.05) is 0 Å². The molecule has 0 bridgehead atoms. The molecular formula is C17H27NO. The molecule has 1 aromatic carbocycles. The van der Waals surface area contributed by atoms with Gasteiger partial charge in [0.1, 0.15) is 5.75 Å². The summed E-state index contributed by atoms with van der Waals surface area (Å²) in [5.74, 6) is 0.890. The molecule has 0 spiro atoms. The van der Waals surface area contributed by atoms with Crippen LogP contribution >= 0.6 is 0 Å². The topological polar surface area (TPSA) is 12.5 Å². The van der Waals surface area contributed by atoms with E-state index in [2.05, 4.69) is 72.2 Å². The van der Waals surface area contributed by atoms with Crippen LogP contribution in [0.1, 0.15) is 54.0 Å². The Morgan fingerprint density at radius 1 is 1.00 bits per heavy atom. The molecule has 0 N–H and O–H groups in total. The first-order valence-electron chi connectivity index (χ1n) is 7.04. The van der Waals surface area contributed by atoms with Crippen molar-refractivity contribution >= 4 is 0 Å². The number of rotatable bonds is 5. The maximum atomic E-state index is 5.82. The smallest absolute Gasteiger partial charge is 0.283 e. The lowest BCUT2D eigenvalue weighted by atomic mass is 9.86. The summed E-state index contributed by atoms with van der Waals surface area (Å²) in [6, 6.07) is 8.93. The van der Waals surface area contributed by atoms with Crippen molar-refractivity contribution in [2.24, 2.45) is 0 Å². The molecule has 0 aliphatic rings. The minimum atomic E-state index is 0.0682. The first kappa shape index (κ1) is 16.0. The van der Waals surface area contributed by atoms with Crippen LogP contribution in [-0.4, -0.2) is 17.0 Å². The van der Waals surface area contributed by atoms with Crippen molar-refractivity contribution in [1.29, 1.82) is 0 Å². The van der Waals surface area contributed by atoms with E-state index in [1.807, 2.05) is 12.1 Å². The highest BCUT2D eigenvalue weighted by Crippen LogP contribution is 2.31. The van der Waals surface area contributed by atoms with Gasteiger partial charge in [-0.3, -0.25) is 4.90 Å². The van der Waals surface area contributed by atoms with Crippen LogP contribution in [0.5, 0.6) is 5.75 Å². The lowest BCUT2D eigenvalue weighted by Crippen LogP contribution is -2.36. The van der Waals surface area contributed by atoms with Crippen LogP contribution in [0.2, 0.25) is 0 Å². The molecule has 2 radical (unpaired) electrons. The van der Waals surface area contributed by atoms with E-state index in [9.17, 15) is 0 Å². The van der Waals surface area contributed by atoms with Gasteiger partial charge in [0.2, 0.25) is 0 Å². The molecule has 0 unspecified atom stereocenters. The minimum absolute atomic E-state index is 0.0682. The average molecular weight is 261 g/mol. The Hall–Kier alpha value is -1.02. The highest BCUT2D eigenvalue weighted by Gasteiger charge is 2.21. The molecule has 19 heavy (non-hydrogen) atoms. The highest BCUT2D eigenvalue weighted by molar-refractivity contribution is 5.38. The van der Waals surface area contributed by atoms with Crippen LogP contribution in [0.4, 0.5) is 0 Å². The lowest BCUT2D eigenvalue weighted by Gasteiger charge is -2.29. The molecule has 0 saturated carbocycles. The largest absolute Gasteiger partial charge is 0.460 e. The number of ether oxygens (including phenoxy) is 1. The molecule has 0 aromatic heterocycles. The molecule has 0 atom stereocenters. The van der Waals surface area contributed by atoms with E-state index >= 15 is 0 Å². The second kappa shape index (κ2) is 6.42. The van der Waals surface area contributed by atoms with Gasteiger partial charge in [0.25, 0.3) is 6.73 Å². The molecule has 0 saturated heterocycles. The maximum Gasteiger partial charge on any atom is 0.283 e. The molecule has 0 fully saturated rings. The Kier molecular flexibility index (Phi) is 5.42. The van der Waals surface area contributed by atoms with Crippen LogP contribution in [-0.2, 0) is 5.41 Å². The van der Waals surface area contributed by atoms with Crippen LogP contribution in [0.3, 0.4) is 0 Å². The number of hydrogen-bond acceptors (Lipinski definition) is 2. The van der Waals surface area contributed by atoms with E-state index in [4.69, 9.17) is 4.74 Å². The van der Waals surface area contributed by atoms with Crippen molar-refractivity contribution in [3.8, 4) is 5.75 Å². The Bertz CT molecular complexity index is 382. The summed E-state index contributed by atoms with van der Waals surface area (Å²) in [5, 5.41) is 0. The Morgan fingerprint density at radius 3 is 2.00 bits per heavy atom. The van der Waals surface area contributed by atoms with E-state index in [0.717, 1.165) is 5.75 Å². The fourth-order valence-electron chi connectivity index (χ4n) is 2.08. The Morgan fingerprint density at radius 2 is 1.53 bits per heavy atom. The van der Waals surface area contributed by atoms with Gasteiger partial charge in [0, 0.05) is 12.1 Å². The van der Waals surface area contributed by atoms with Crippen LogP contribution in [0.25, 0.3) is 0 Å². The lowest BCUT2D eigenvalue weighted by molar-refractivity contribution is 0.133. The highest BCUT2D eigenvalue weighted by atomic mass is 16.5. The zero-order valence-electron chi connectivity index (χ0n) is 13.3. The predicted molar refractivity (Wildman–Crippen MR) is 81.1 cm³/mol. The minimum Gasteiger partial charge on any atom is -0.460 e. The quantitative estimate of drug-likeness (QED) is 0.725. The van der Waals surface area contributed by atoms with E-state index in [1.54, 1.807) is 0 Å². The fraction of sp³-hybridized carbons (Fsp3) is 0.588. The van der Waals surface area contributed by atoms with Gasteiger partial charge < -0.3 is 4.74 Å². The summed E-state index contributed by atoms with van der Waals surface area (Å²) < 4.78 is 5.82. The van der Waals surface area contributed by atoms with Gasteiger partial charge in [-0.05, 0) is 44.7 Å². The SMILES string of the molecule is CC(C)N([C]Oc1ccccc1C(C)(C)C)C(C)C. The normalized spacial score (nSPS) is 12.5. The summed E-state index contributed by atoms with van der Waals surface area (Å²) in [7, 11) is 0. The summed E-state index contributed by atoms with van der Waals surface area (Å²) in [6.07, 6.45) is 0. The molecule has 0 aliphatic heterocycles. The van der Waals surface area contributed by atoms with Crippen molar-refractivity contribution < 1.29 is 4.74 Å². The molecule has 0 heterocycles. The summed E-state index contributed by atoms with van der Waals surface area (Å²) in [4.78, 5) is 2.10. The third-order valence-electron chi connectivity index (χ3n) is 3.07. The van der Waals surface area contributed by atoms with E-state index < -0.39 is 0 Å². The first-order valence-corrected chi connectivity index (χ1v) is 7.04. The van der Waals surface area contributed by atoms with E-state index in [1.165, 1.54) is 5.56 Å². The molecule has 1 rings (SSSR count). The van der Waals surface area contributed by atoms with Gasteiger partial charge in [0.05, 0.1) is 0 Å². The van der Waals surface area contributed by atoms with Gasteiger partial charge in [-0.15, -0.1) is 0 Å². The van der Waals surface area contributed by atoms with Gasteiger partial charge in [-0.25, -0.2) is 0 Å². The summed E-state index contributed by atoms with van der Waals surface area (Å²) in [6.45, 7) is 18.2. The molecular weight excluding hydrogens is 234 g/mol. The standard InChI is InChI=1S/C17H27NO/c1-13(2)18(14(3)4)12-19-16-11-9-8-10-15(16)17(5,6)7/h8-11,13-14H,1-7H3. The van der Waals surface area contributed by atoms with Crippen molar-refractivity contribution in [1.82, 2.24) is 4.90 Å². The molecule has 1 aromatic rings. The monoisotopic (exact) mass is 261 g/mol. The Labute approximate surface area is 118 Å². The van der Waals surface area contributed by atoms with Crippen LogP contribution < -0.4 is 4.74 Å². The second-order valence-electron chi connectivity index (χ2n) is 6.53. The third kappa shape index (κ3) is 4.54. The molecule has 0 amide bonds.